The number of unbranched alkanes of at least 4 members (excludes halogenated alkanes) is 1. The normalized spacial score (nSPS) is 17.2. The van der Waals surface area contributed by atoms with Crippen LogP contribution in [0.4, 0.5) is 36.8 Å². The van der Waals surface area contributed by atoms with Crippen LogP contribution in [0.1, 0.15) is 37.3 Å². The monoisotopic (exact) mass is 590 g/mol. The Morgan fingerprint density at radius 1 is 1.15 bits per heavy atom. The van der Waals surface area contributed by atoms with Crippen LogP contribution in [0.3, 0.4) is 0 Å². The van der Waals surface area contributed by atoms with Gasteiger partial charge in [0.25, 0.3) is 0 Å². The van der Waals surface area contributed by atoms with Gasteiger partial charge < -0.3 is 14.8 Å². The number of hydrogen-bond donors (Lipinski definition) is 1. The predicted octanol–water partition coefficient (Wildman–Crippen LogP) is 6.75. The summed E-state index contributed by atoms with van der Waals surface area (Å²) in [7, 11) is 0. The lowest BCUT2D eigenvalue weighted by molar-refractivity contribution is -0.274. The average molecular weight is 591 g/mol. The van der Waals surface area contributed by atoms with Crippen molar-refractivity contribution in [3.8, 4) is 11.8 Å². The Kier molecular flexibility index (Phi) is 9.19. The van der Waals surface area contributed by atoms with Gasteiger partial charge in [0.2, 0.25) is 0 Å². The van der Waals surface area contributed by atoms with Crippen molar-refractivity contribution < 1.29 is 45.4 Å². The maximum Gasteiger partial charge on any atom is 0.573 e. The van der Waals surface area contributed by atoms with Gasteiger partial charge in [0.1, 0.15) is 11.2 Å². The molecule has 0 saturated carbocycles. The molecule has 0 radical (unpaired) electrons. The highest BCUT2D eigenvalue weighted by Gasteiger charge is 2.52. The van der Waals surface area contributed by atoms with Gasteiger partial charge in [0, 0.05) is 17.7 Å². The van der Waals surface area contributed by atoms with E-state index in [0.717, 1.165) is 47.5 Å². The molecule has 2 amide bonds. The first-order valence-electron chi connectivity index (χ1n) is 11.6. The topological polar surface area (TPSA) is 104 Å². The van der Waals surface area contributed by atoms with E-state index >= 15 is 0 Å². The number of rotatable bonds is 8. The molecule has 3 rings (SSSR count). The molecule has 1 aliphatic heterocycles. The minimum atomic E-state index is -4.91. The Hall–Kier alpha value is -3.99. The van der Waals surface area contributed by atoms with E-state index in [2.05, 4.69) is 15.2 Å². The summed E-state index contributed by atoms with van der Waals surface area (Å²) in [6.45, 7) is 1.09. The van der Waals surface area contributed by atoms with E-state index in [4.69, 9.17) is 21.6 Å². The summed E-state index contributed by atoms with van der Waals surface area (Å²) in [4.78, 5) is 26.3. The molecule has 1 unspecified atom stereocenters. The third kappa shape index (κ3) is 7.15. The van der Waals surface area contributed by atoms with Crippen LogP contribution in [-0.2, 0) is 15.7 Å². The first kappa shape index (κ1) is 30.6. The number of halogens is 7. The number of ether oxygens (including phenoxy) is 2. The van der Waals surface area contributed by atoms with Crippen LogP contribution < -0.4 is 10.1 Å². The standard InChI is InChI=1S/C25H21ClF6N4O4/c1-2-39-21(37)23(11-3-4-12-33)14-36(22(38)34-16-6-8-17(9-7-16)40-25(30,31)32)35-20(23)15-5-10-18(19(26)13-15)24(27,28)29/h5-10,13H,2-4,11,14H2,1H3,(H,34,38). The van der Waals surface area contributed by atoms with Crippen molar-refractivity contribution in [1.82, 2.24) is 5.01 Å². The van der Waals surface area contributed by atoms with E-state index in [0.29, 0.717) is 0 Å². The molecule has 0 spiro atoms. The number of nitrogens with zero attached hydrogens (tertiary/aromatic N) is 3. The zero-order chi connectivity index (χ0) is 29.7. The SMILES string of the molecule is CCOC(=O)C1(CCCC#N)CN(C(=O)Nc2ccc(OC(F)(F)F)cc2)N=C1c1ccc(C(F)(F)F)c(Cl)c1. The van der Waals surface area contributed by atoms with Crippen molar-refractivity contribution in [2.75, 3.05) is 18.5 Å². The van der Waals surface area contributed by atoms with Crippen LogP contribution >= 0.6 is 11.6 Å². The average Bonchev–Trinajstić information content (AvgIpc) is 3.25. The summed E-state index contributed by atoms with van der Waals surface area (Å²) in [5, 5.41) is 15.9. The molecular formula is C25H21ClF6N4O4. The highest BCUT2D eigenvalue weighted by atomic mass is 35.5. The first-order chi connectivity index (χ1) is 18.7. The summed E-state index contributed by atoms with van der Waals surface area (Å²) < 4.78 is 86.1. The van der Waals surface area contributed by atoms with Gasteiger partial charge >= 0.3 is 24.5 Å². The van der Waals surface area contributed by atoms with Crippen molar-refractivity contribution in [3.63, 3.8) is 0 Å². The number of urea groups is 1. The number of alkyl halides is 6. The van der Waals surface area contributed by atoms with Crippen LogP contribution in [-0.4, -0.2) is 42.2 Å². The maximum absolute atomic E-state index is 13.3. The summed E-state index contributed by atoms with van der Waals surface area (Å²) in [6, 6.07) is 8.02. The van der Waals surface area contributed by atoms with Gasteiger partial charge in [0.15, 0.2) is 0 Å². The van der Waals surface area contributed by atoms with Crippen LogP contribution in [0, 0.1) is 16.7 Å². The fourth-order valence-corrected chi connectivity index (χ4v) is 4.34. The number of hydrazone groups is 1. The minimum Gasteiger partial charge on any atom is -0.465 e. The summed E-state index contributed by atoms with van der Waals surface area (Å²) in [5.74, 6) is -1.34. The molecule has 1 heterocycles. The summed E-state index contributed by atoms with van der Waals surface area (Å²) in [5.41, 5.74) is -2.78. The third-order valence-electron chi connectivity index (χ3n) is 5.77. The van der Waals surface area contributed by atoms with E-state index in [-0.39, 0.29) is 42.8 Å². The first-order valence-corrected chi connectivity index (χ1v) is 12.0. The number of anilines is 1. The second-order valence-corrected chi connectivity index (χ2v) is 8.92. The maximum atomic E-state index is 13.3. The van der Waals surface area contributed by atoms with E-state index in [1.165, 1.54) is 6.92 Å². The number of esters is 1. The lowest BCUT2D eigenvalue weighted by Crippen LogP contribution is -2.44. The molecule has 2 aromatic carbocycles. The van der Waals surface area contributed by atoms with Crippen LogP contribution in [0.2, 0.25) is 5.02 Å². The molecule has 2 aromatic rings. The summed E-state index contributed by atoms with van der Waals surface area (Å²) >= 11 is 5.90. The van der Waals surface area contributed by atoms with E-state index < -0.39 is 52.8 Å². The van der Waals surface area contributed by atoms with Gasteiger partial charge in [-0.3, -0.25) is 4.79 Å². The van der Waals surface area contributed by atoms with Crippen LogP contribution in [0.5, 0.6) is 5.75 Å². The molecule has 1 N–H and O–H groups in total. The van der Waals surface area contributed by atoms with Gasteiger partial charge in [-0.05, 0) is 56.2 Å². The molecule has 214 valence electrons. The number of carbonyl (C=O) groups excluding carboxylic acids is 2. The molecule has 0 saturated heterocycles. The smallest absolute Gasteiger partial charge is 0.465 e. The minimum absolute atomic E-state index is 0.0203. The van der Waals surface area contributed by atoms with Crippen molar-refractivity contribution >= 4 is 35.0 Å². The Morgan fingerprint density at radius 2 is 1.82 bits per heavy atom. The van der Waals surface area contributed by atoms with E-state index in [1.807, 2.05) is 6.07 Å². The fourth-order valence-electron chi connectivity index (χ4n) is 4.05. The Labute approximate surface area is 229 Å². The van der Waals surface area contributed by atoms with Gasteiger partial charge in [-0.2, -0.15) is 23.5 Å². The molecule has 0 fully saturated rings. The third-order valence-corrected chi connectivity index (χ3v) is 6.09. The lowest BCUT2D eigenvalue weighted by Gasteiger charge is -2.28. The second-order valence-electron chi connectivity index (χ2n) is 8.52. The fraction of sp³-hybridized carbons (Fsp3) is 0.360. The number of hydrogen-bond acceptors (Lipinski definition) is 6. The second kappa shape index (κ2) is 12.0. The largest absolute Gasteiger partial charge is 0.573 e. The lowest BCUT2D eigenvalue weighted by atomic mass is 9.76. The van der Waals surface area contributed by atoms with Gasteiger partial charge in [-0.15, -0.1) is 13.2 Å². The number of benzene rings is 2. The molecular weight excluding hydrogens is 570 g/mol. The molecule has 0 aromatic heterocycles. The highest BCUT2D eigenvalue weighted by molar-refractivity contribution is 6.32. The van der Waals surface area contributed by atoms with Crippen molar-refractivity contribution in [2.45, 2.75) is 38.7 Å². The van der Waals surface area contributed by atoms with Gasteiger partial charge in [0.05, 0.1) is 35.5 Å². The number of carbonyl (C=O) groups is 2. The molecule has 1 atom stereocenters. The molecule has 1 aliphatic rings. The Bertz CT molecular complexity index is 1320. The number of nitriles is 1. The molecule has 15 heteroatoms. The molecule has 0 aliphatic carbocycles. The van der Waals surface area contributed by atoms with Crippen LogP contribution in [0.15, 0.2) is 47.6 Å². The van der Waals surface area contributed by atoms with Gasteiger partial charge in [-0.1, -0.05) is 17.7 Å². The zero-order valence-corrected chi connectivity index (χ0v) is 21.5. The number of amides is 2. The van der Waals surface area contributed by atoms with Crippen molar-refractivity contribution in [1.29, 1.82) is 5.26 Å². The number of nitrogens with one attached hydrogen (secondary N) is 1. The quantitative estimate of drug-likeness (QED) is 0.208. The van der Waals surface area contributed by atoms with Gasteiger partial charge in [-0.25, -0.2) is 9.80 Å². The summed E-state index contributed by atoms with van der Waals surface area (Å²) in [6.07, 6.45) is -9.50. The Morgan fingerprint density at radius 3 is 2.38 bits per heavy atom. The van der Waals surface area contributed by atoms with E-state index in [9.17, 15) is 35.9 Å². The van der Waals surface area contributed by atoms with E-state index in [1.54, 1.807) is 0 Å². The Balaban J connectivity index is 1.99. The molecule has 8 nitrogen and oxygen atoms in total. The molecule has 0 bridgehead atoms. The van der Waals surface area contributed by atoms with Crippen LogP contribution in [0.25, 0.3) is 0 Å². The zero-order valence-electron chi connectivity index (χ0n) is 20.7. The van der Waals surface area contributed by atoms with Crippen molar-refractivity contribution in [2.24, 2.45) is 10.5 Å². The van der Waals surface area contributed by atoms with Crippen molar-refractivity contribution in [3.05, 3.63) is 58.6 Å². The predicted molar refractivity (Wildman–Crippen MR) is 130 cm³/mol. The highest BCUT2D eigenvalue weighted by Crippen LogP contribution is 2.41. The molecule has 40 heavy (non-hydrogen) atoms.